The van der Waals surface area contributed by atoms with Gasteiger partial charge in [-0.2, -0.15) is 0 Å². The van der Waals surface area contributed by atoms with E-state index in [4.69, 9.17) is 4.74 Å². The molecule has 112 valence electrons. The van der Waals surface area contributed by atoms with Crippen molar-refractivity contribution in [3.05, 3.63) is 35.4 Å². The van der Waals surface area contributed by atoms with Gasteiger partial charge in [0.05, 0.1) is 18.8 Å². The first kappa shape index (κ1) is 15.5. The number of ether oxygens (including phenoxy) is 1. The van der Waals surface area contributed by atoms with Gasteiger partial charge in [0.2, 0.25) is 0 Å². The van der Waals surface area contributed by atoms with Gasteiger partial charge in [-0.25, -0.2) is 0 Å². The van der Waals surface area contributed by atoms with E-state index in [1.165, 1.54) is 17.5 Å². The number of rotatable bonds is 7. The average Bonchev–Trinajstić information content (AvgIpc) is 2.44. The van der Waals surface area contributed by atoms with Crippen molar-refractivity contribution in [2.24, 2.45) is 5.92 Å². The van der Waals surface area contributed by atoms with Crippen LogP contribution in [0, 0.1) is 5.92 Å². The Kier molecular flexibility index (Phi) is 6.02. The Labute approximate surface area is 122 Å². The summed E-state index contributed by atoms with van der Waals surface area (Å²) >= 11 is 0. The lowest BCUT2D eigenvalue weighted by Gasteiger charge is -2.26. The Morgan fingerprint density at radius 2 is 2.10 bits per heavy atom. The zero-order chi connectivity index (χ0) is 14.4. The molecule has 1 aliphatic carbocycles. The van der Waals surface area contributed by atoms with Gasteiger partial charge in [0.1, 0.15) is 0 Å². The van der Waals surface area contributed by atoms with Crippen LogP contribution in [0.4, 0.5) is 0 Å². The van der Waals surface area contributed by atoms with E-state index in [0.717, 1.165) is 19.4 Å². The number of aryl methyl sites for hydroxylation is 1. The third-order valence-electron chi connectivity index (χ3n) is 3.74. The fourth-order valence-corrected chi connectivity index (χ4v) is 2.71. The maximum atomic E-state index is 9.95. The minimum absolute atomic E-state index is 0.152. The van der Waals surface area contributed by atoms with Crippen LogP contribution in [0.1, 0.15) is 43.9 Å². The van der Waals surface area contributed by atoms with Crippen LogP contribution >= 0.6 is 0 Å². The number of aliphatic hydroxyl groups is 1. The largest absolute Gasteiger partial charge is 0.389 e. The lowest BCUT2D eigenvalue weighted by atomic mass is 9.89. The fraction of sp³-hybridized carbons (Fsp3) is 0.647. The van der Waals surface area contributed by atoms with Gasteiger partial charge in [0.15, 0.2) is 0 Å². The molecule has 2 unspecified atom stereocenters. The third-order valence-corrected chi connectivity index (χ3v) is 3.74. The lowest BCUT2D eigenvalue weighted by molar-refractivity contribution is -0.0168. The maximum Gasteiger partial charge on any atom is 0.0897 e. The highest BCUT2D eigenvalue weighted by molar-refractivity contribution is 5.31. The van der Waals surface area contributed by atoms with Crippen LogP contribution in [0.15, 0.2) is 24.3 Å². The molecular formula is C17H27NO2. The number of nitrogens with one attached hydrogen (secondary N) is 1. The van der Waals surface area contributed by atoms with E-state index in [1.54, 1.807) is 0 Å². The first-order chi connectivity index (χ1) is 9.66. The molecule has 0 aromatic heterocycles. The van der Waals surface area contributed by atoms with E-state index < -0.39 is 6.10 Å². The van der Waals surface area contributed by atoms with Gasteiger partial charge < -0.3 is 15.2 Å². The van der Waals surface area contributed by atoms with Crippen molar-refractivity contribution < 1.29 is 9.84 Å². The molecule has 0 saturated carbocycles. The Bertz CT molecular complexity index is 406. The summed E-state index contributed by atoms with van der Waals surface area (Å²) in [7, 11) is 0. The van der Waals surface area contributed by atoms with E-state index in [9.17, 15) is 5.11 Å². The smallest absolute Gasteiger partial charge is 0.0897 e. The van der Waals surface area contributed by atoms with E-state index in [1.807, 2.05) is 0 Å². The average molecular weight is 277 g/mol. The number of hydrogen-bond acceptors (Lipinski definition) is 3. The van der Waals surface area contributed by atoms with Gasteiger partial charge in [-0.1, -0.05) is 38.1 Å². The van der Waals surface area contributed by atoms with E-state index in [-0.39, 0.29) is 6.10 Å². The monoisotopic (exact) mass is 277 g/mol. The highest BCUT2D eigenvalue weighted by Crippen LogP contribution is 2.32. The Hall–Kier alpha value is -0.900. The molecule has 0 bridgehead atoms. The molecule has 1 aromatic carbocycles. The van der Waals surface area contributed by atoms with Crippen LogP contribution in [0.5, 0.6) is 0 Å². The van der Waals surface area contributed by atoms with Crippen LogP contribution in [-0.4, -0.2) is 30.9 Å². The predicted molar refractivity (Wildman–Crippen MR) is 81.8 cm³/mol. The lowest BCUT2D eigenvalue weighted by Crippen LogP contribution is -2.33. The summed E-state index contributed by atoms with van der Waals surface area (Å²) in [6, 6.07) is 8.50. The van der Waals surface area contributed by atoms with Crippen molar-refractivity contribution in [1.82, 2.24) is 5.32 Å². The van der Waals surface area contributed by atoms with Crippen molar-refractivity contribution in [3.8, 4) is 0 Å². The van der Waals surface area contributed by atoms with E-state index in [2.05, 4.69) is 43.4 Å². The normalized spacial score (nSPS) is 19.9. The molecule has 0 radical (unpaired) electrons. The third kappa shape index (κ3) is 4.58. The van der Waals surface area contributed by atoms with E-state index >= 15 is 0 Å². The van der Waals surface area contributed by atoms with Crippen LogP contribution in [0.3, 0.4) is 0 Å². The summed E-state index contributed by atoms with van der Waals surface area (Å²) in [5.41, 5.74) is 2.71. The molecule has 3 nitrogen and oxygen atoms in total. The number of fused-ring (bicyclic) bond motifs is 1. The molecule has 0 spiro atoms. The minimum atomic E-state index is -0.428. The SMILES string of the molecule is CC(C)CNCC(O)COC1CCCc2ccccc21. The first-order valence-electron chi connectivity index (χ1n) is 7.75. The summed E-state index contributed by atoms with van der Waals surface area (Å²) in [6.45, 7) is 6.27. The molecule has 0 saturated heterocycles. The van der Waals surface area contributed by atoms with Gasteiger partial charge in [0, 0.05) is 6.54 Å². The molecule has 20 heavy (non-hydrogen) atoms. The van der Waals surface area contributed by atoms with Crippen LogP contribution in [0.2, 0.25) is 0 Å². The molecule has 2 atom stereocenters. The Morgan fingerprint density at radius 3 is 2.90 bits per heavy atom. The summed E-state index contributed by atoms with van der Waals surface area (Å²) < 4.78 is 5.94. The first-order valence-corrected chi connectivity index (χ1v) is 7.75. The maximum absolute atomic E-state index is 9.95. The van der Waals surface area contributed by atoms with Gasteiger partial charge in [-0.3, -0.25) is 0 Å². The zero-order valence-electron chi connectivity index (χ0n) is 12.6. The Morgan fingerprint density at radius 1 is 1.30 bits per heavy atom. The highest BCUT2D eigenvalue weighted by atomic mass is 16.5. The molecular weight excluding hydrogens is 250 g/mol. The standard InChI is InChI=1S/C17H27NO2/c1-13(2)10-18-11-15(19)12-20-17-9-5-7-14-6-3-4-8-16(14)17/h3-4,6,8,13,15,17-19H,5,7,9-12H2,1-2H3. The van der Waals surface area contributed by atoms with Crippen molar-refractivity contribution in [3.63, 3.8) is 0 Å². The van der Waals surface area contributed by atoms with Crippen molar-refractivity contribution in [1.29, 1.82) is 0 Å². The quantitative estimate of drug-likeness (QED) is 0.805. The van der Waals surface area contributed by atoms with Crippen molar-refractivity contribution in [2.75, 3.05) is 19.7 Å². The molecule has 1 aromatic rings. The summed E-state index contributed by atoms with van der Waals surface area (Å²) in [6.07, 6.45) is 3.10. The molecule has 0 heterocycles. The van der Waals surface area contributed by atoms with Crippen LogP contribution < -0.4 is 5.32 Å². The topological polar surface area (TPSA) is 41.5 Å². The van der Waals surface area contributed by atoms with E-state index in [0.29, 0.717) is 19.1 Å². The van der Waals surface area contributed by atoms with Gasteiger partial charge in [-0.05, 0) is 42.9 Å². The number of aliphatic hydroxyl groups excluding tert-OH is 1. The molecule has 3 heteroatoms. The van der Waals surface area contributed by atoms with Gasteiger partial charge >= 0.3 is 0 Å². The number of benzene rings is 1. The summed E-state index contributed by atoms with van der Waals surface area (Å²) in [5.74, 6) is 0.605. The molecule has 1 aliphatic rings. The second-order valence-electron chi connectivity index (χ2n) is 6.12. The van der Waals surface area contributed by atoms with Crippen molar-refractivity contribution in [2.45, 2.75) is 45.3 Å². The fourth-order valence-electron chi connectivity index (χ4n) is 2.71. The summed E-state index contributed by atoms with van der Waals surface area (Å²) in [5, 5.41) is 13.2. The van der Waals surface area contributed by atoms with Crippen molar-refractivity contribution >= 4 is 0 Å². The number of hydrogen-bond donors (Lipinski definition) is 2. The van der Waals surface area contributed by atoms with Crippen LogP contribution in [0.25, 0.3) is 0 Å². The molecule has 0 fully saturated rings. The van der Waals surface area contributed by atoms with Crippen LogP contribution in [-0.2, 0) is 11.2 Å². The zero-order valence-corrected chi connectivity index (χ0v) is 12.6. The summed E-state index contributed by atoms with van der Waals surface area (Å²) in [4.78, 5) is 0. The molecule has 0 aliphatic heterocycles. The second-order valence-corrected chi connectivity index (χ2v) is 6.12. The molecule has 2 N–H and O–H groups in total. The van der Waals surface area contributed by atoms with Gasteiger partial charge in [-0.15, -0.1) is 0 Å². The second kappa shape index (κ2) is 7.77. The minimum Gasteiger partial charge on any atom is -0.389 e. The molecule has 0 amide bonds. The Balaban J connectivity index is 1.77. The predicted octanol–water partition coefficient (Wildman–Crippen LogP) is 2.69. The van der Waals surface area contributed by atoms with Gasteiger partial charge in [0.25, 0.3) is 0 Å². The highest BCUT2D eigenvalue weighted by Gasteiger charge is 2.21. The molecule has 2 rings (SSSR count).